The van der Waals surface area contributed by atoms with Gasteiger partial charge in [0.15, 0.2) is 0 Å². The molecule has 6 nitrogen and oxygen atoms in total. The number of thiophene rings is 1. The molecular formula is C28H32N2O4S. The number of nitrogens with zero attached hydrogens (tertiary/aromatic N) is 1. The number of nitrogens with one attached hydrogen (secondary N) is 1. The van der Waals surface area contributed by atoms with Gasteiger partial charge in [0.25, 0.3) is 0 Å². The standard InChI is InChI=1S/C28H32N2O4S/c1-33-22-14-15-24(25(17-22)34-2)27(28(32)29-21-11-6-7-12-21)30(19-20-9-4-3-5-10-20)26(31)18-23-13-8-16-35-23/h3-5,8-10,13-17,21,27H,6-7,11-12,18-19H2,1-2H3,(H,29,32)/t27-/m0/s1. The average Bonchev–Trinajstić information content (AvgIpc) is 3.59. The Bertz CT molecular complexity index is 1110. The summed E-state index contributed by atoms with van der Waals surface area (Å²) in [7, 11) is 3.16. The molecule has 0 unspecified atom stereocenters. The number of benzene rings is 2. The van der Waals surface area contributed by atoms with Crippen molar-refractivity contribution in [1.29, 1.82) is 0 Å². The number of hydrogen-bond donors (Lipinski definition) is 1. The van der Waals surface area contributed by atoms with E-state index in [0.29, 0.717) is 23.6 Å². The van der Waals surface area contributed by atoms with Crippen LogP contribution in [0, 0.1) is 0 Å². The molecule has 1 aliphatic carbocycles. The predicted octanol–water partition coefficient (Wildman–Crippen LogP) is 5.14. The second kappa shape index (κ2) is 11.9. The number of hydrogen-bond acceptors (Lipinski definition) is 5. The zero-order valence-electron chi connectivity index (χ0n) is 20.2. The van der Waals surface area contributed by atoms with Crippen LogP contribution >= 0.6 is 11.3 Å². The molecular weight excluding hydrogens is 460 g/mol. The quantitative estimate of drug-likeness (QED) is 0.426. The van der Waals surface area contributed by atoms with Crippen molar-refractivity contribution in [3.63, 3.8) is 0 Å². The first-order valence-electron chi connectivity index (χ1n) is 12.0. The van der Waals surface area contributed by atoms with E-state index in [-0.39, 0.29) is 24.3 Å². The summed E-state index contributed by atoms with van der Waals surface area (Å²) < 4.78 is 11.1. The minimum Gasteiger partial charge on any atom is -0.497 e. The molecule has 35 heavy (non-hydrogen) atoms. The smallest absolute Gasteiger partial charge is 0.247 e. The second-order valence-corrected chi connectivity index (χ2v) is 9.80. The van der Waals surface area contributed by atoms with E-state index in [1.807, 2.05) is 53.9 Å². The normalized spacial score (nSPS) is 14.3. The molecule has 4 rings (SSSR count). The molecule has 2 amide bonds. The van der Waals surface area contributed by atoms with Gasteiger partial charge in [-0.2, -0.15) is 0 Å². The Morgan fingerprint density at radius 3 is 2.46 bits per heavy atom. The molecule has 184 valence electrons. The zero-order chi connectivity index (χ0) is 24.6. The molecule has 0 saturated heterocycles. The van der Waals surface area contributed by atoms with Crippen molar-refractivity contribution in [3.8, 4) is 11.5 Å². The van der Waals surface area contributed by atoms with Crippen LogP contribution in [0.15, 0.2) is 66.0 Å². The first-order valence-corrected chi connectivity index (χ1v) is 12.8. The Balaban J connectivity index is 1.76. The summed E-state index contributed by atoms with van der Waals surface area (Å²) in [5, 5.41) is 5.18. The molecule has 3 aromatic rings. The first kappa shape index (κ1) is 24.8. The van der Waals surface area contributed by atoms with Crippen molar-refractivity contribution in [3.05, 3.63) is 82.0 Å². The van der Waals surface area contributed by atoms with Gasteiger partial charge in [-0.15, -0.1) is 11.3 Å². The molecule has 1 fully saturated rings. The van der Waals surface area contributed by atoms with E-state index in [4.69, 9.17) is 9.47 Å². The number of amides is 2. The number of carbonyl (C=O) groups is 2. The highest BCUT2D eigenvalue weighted by molar-refractivity contribution is 7.10. The molecule has 1 N–H and O–H groups in total. The van der Waals surface area contributed by atoms with Gasteiger partial charge in [0.1, 0.15) is 17.5 Å². The van der Waals surface area contributed by atoms with Crippen molar-refractivity contribution < 1.29 is 19.1 Å². The van der Waals surface area contributed by atoms with E-state index in [1.165, 1.54) is 0 Å². The van der Waals surface area contributed by atoms with Crippen molar-refractivity contribution in [2.75, 3.05) is 14.2 Å². The summed E-state index contributed by atoms with van der Waals surface area (Å²) in [4.78, 5) is 30.3. The SMILES string of the molecule is COc1ccc([C@@H](C(=O)NC2CCCC2)N(Cc2ccccc2)C(=O)Cc2cccs2)c(OC)c1. The number of methoxy groups -OCH3 is 2. The van der Waals surface area contributed by atoms with E-state index in [1.54, 1.807) is 42.6 Å². The lowest BCUT2D eigenvalue weighted by Crippen LogP contribution is -2.46. The van der Waals surface area contributed by atoms with E-state index >= 15 is 0 Å². The lowest BCUT2D eigenvalue weighted by atomic mass is 10.00. The summed E-state index contributed by atoms with van der Waals surface area (Å²) >= 11 is 1.54. The predicted molar refractivity (Wildman–Crippen MR) is 138 cm³/mol. The zero-order valence-corrected chi connectivity index (χ0v) is 21.1. The summed E-state index contributed by atoms with van der Waals surface area (Å²) in [5.41, 5.74) is 1.59. The van der Waals surface area contributed by atoms with Gasteiger partial charge in [-0.05, 0) is 42.0 Å². The average molecular weight is 493 g/mol. The highest BCUT2D eigenvalue weighted by atomic mass is 32.1. The highest BCUT2D eigenvalue weighted by Crippen LogP contribution is 2.35. The molecule has 1 heterocycles. The molecule has 2 aromatic carbocycles. The topological polar surface area (TPSA) is 67.9 Å². The van der Waals surface area contributed by atoms with Crippen LogP contribution in [0.3, 0.4) is 0 Å². The van der Waals surface area contributed by atoms with Crippen LogP contribution in [-0.2, 0) is 22.6 Å². The fraction of sp³-hybridized carbons (Fsp3) is 0.357. The molecule has 0 bridgehead atoms. The van der Waals surface area contributed by atoms with Crippen molar-refractivity contribution in [2.45, 2.75) is 50.7 Å². The largest absolute Gasteiger partial charge is 0.497 e. The second-order valence-electron chi connectivity index (χ2n) is 8.76. The van der Waals surface area contributed by atoms with Gasteiger partial charge in [-0.1, -0.05) is 49.2 Å². The minimum atomic E-state index is -0.843. The third-order valence-electron chi connectivity index (χ3n) is 6.42. The van der Waals surface area contributed by atoms with Gasteiger partial charge in [0, 0.05) is 29.1 Å². The van der Waals surface area contributed by atoms with Crippen molar-refractivity contribution in [1.82, 2.24) is 10.2 Å². The van der Waals surface area contributed by atoms with Gasteiger partial charge in [0.05, 0.1) is 20.6 Å². The van der Waals surface area contributed by atoms with E-state index in [0.717, 1.165) is 36.1 Å². The molecule has 0 spiro atoms. The molecule has 0 aliphatic heterocycles. The molecule has 1 saturated carbocycles. The molecule has 0 radical (unpaired) electrons. The van der Waals surface area contributed by atoms with Crippen LogP contribution in [-0.4, -0.2) is 37.0 Å². The third kappa shape index (κ3) is 6.22. The maximum atomic E-state index is 13.9. The van der Waals surface area contributed by atoms with Gasteiger partial charge in [-0.3, -0.25) is 9.59 Å². The van der Waals surface area contributed by atoms with Crippen LogP contribution in [0.1, 0.15) is 47.7 Å². The third-order valence-corrected chi connectivity index (χ3v) is 7.29. The number of rotatable bonds is 10. The first-order chi connectivity index (χ1) is 17.1. The maximum Gasteiger partial charge on any atom is 0.247 e. The molecule has 1 atom stereocenters. The monoisotopic (exact) mass is 492 g/mol. The molecule has 1 aromatic heterocycles. The fourth-order valence-electron chi connectivity index (χ4n) is 4.61. The molecule has 1 aliphatic rings. The lowest BCUT2D eigenvalue weighted by Gasteiger charge is -2.33. The van der Waals surface area contributed by atoms with E-state index in [2.05, 4.69) is 5.32 Å². The number of ether oxygens (including phenoxy) is 2. The summed E-state index contributed by atoms with van der Waals surface area (Å²) in [6.45, 7) is 0.309. The van der Waals surface area contributed by atoms with Gasteiger partial charge in [0.2, 0.25) is 11.8 Å². The Labute approximate surface area is 210 Å². The van der Waals surface area contributed by atoms with Gasteiger partial charge >= 0.3 is 0 Å². The van der Waals surface area contributed by atoms with Gasteiger partial charge in [-0.25, -0.2) is 0 Å². The van der Waals surface area contributed by atoms with Crippen molar-refractivity contribution >= 4 is 23.2 Å². The maximum absolute atomic E-state index is 13.9. The highest BCUT2D eigenvalue weighted by Gasteiger charge is 2.35. The summed E-state index contributed by atoms with van der Waals surface area (Å²) in [6, 6.07) is 18.3. The van der Waals surface area contributed by atoms with Crippen molar-refractivity contribution in [2.24, 2.45) is 0 Å². The van der Waals surface area contributed by atoms with E-state index in [9.17, 15) is 9.59 Å². The van der Waals surface area contributed by atoms with Crippen LogP contribution in [0.25, 0.3) is 0 Å². The Hall–Kier alpha value is -3.32. The van der Waals surface area contributed by atoms with Crippen LogP contribution in [0.4, 0.5) is 0 Å². The Morgan fingerprint density at radius 2 is 1.80 bits per heavy atom. The summed E-state index contributed by atoms with van der Waals surface area (Å²) in [6.07, 6.45) is 4.36. The molecule has 7 heteroatoms. The number of carbonyl (C=O) groups excluding carboxylic acids is 2. The van der Waals surface area contributed by atoms with Crippen LogP contribution in [0.2, 0.25) is 0 Å². The minimum absolute atomic E-state index is 0.110. The fourth-order valence-corrected chi connectivity index (χ4v) is 5.31. The van der Waals surface area contributed by atoms with Crippen LogP contribution < -0.4 is 14.8 Å². The summed E-state index contributed by atoms with van der Waals surface area (Å²) in [5.74, 6) is 0.842. The lowest BCUT2D eigenvalue weighted by molar-refractivity contribution is -0.141. The van der Waals surface area contributed by atoms with Gasteiger partial charge < -0.3 is 19.7 Å². The Morgan fingerprint density at radius 1 is 1.03 bits per heavy atom. The Kier molecular flexibility index (Phi) is 8.42. The van der Waals surface area contributed by atoms with E-state index < -0.39 is 6.04 Å². The van der Waals surface area contributed by atoms with Crippen LogP contribution in [0.5, 0.6) is 11.5 Å².